The summed E-state index contributed by atoms with van der Waals surface area (Å²) in [7, 11) is 4.72. The largest absolute Gasteiger partial charge is 0.493 e. The topological polar surface area (TPSA) is 82.6 Å². The highest BCUT2D eigenvalue weighted by molar-refractivity contribution is 7.00. The first kappa shape index (κ1) is 17.9. The zero-order valence-corrected chi connectivity index (χ0v) is 15.6. The number of ether oxygens (including phenoxy) is 3. The van der Waals surface area contributed by atoms with Crippen LogP contribution >= 0.6 is 11.7 Å². The molecule has 0 unspecified atom stereocenters. The molecule has 0 saturated heterocycles. The molecule has 3 aromatic rings. The van der Waals surface area contributed by atoms with Crippen molar-refractivity contribution >= 4 is 28.7 Å². The van der Waals surface area contributed by atoms with Crippen molar-refractivity contribution in [1.29, 1.82) is 0 Å². The van der Waals surface area contributed by atoms with Gasteiger partial charge in [-0.2, -0.15) is 8.75 Å². The normalized spacial score (nSPS) is 10.6. The molecule has 0 radical (unpaired) electrons. The van der Waals surface area contributed by atoms with Crippen molar-refractivity contribution in [2.75, 3.05) is 27.9 Å². The molecular weight excluding hydrogens is 354 g/mol. The van der Waals surface area contributed by atoms with Gasteiger partial charge in [0.15, 0.2) is 11.5 Å². The zero-order valence-electron chi connectivity index (χ0n) is 14.7. The Morgan fingerprint density at radius 2 is 1.69 bits per heavy atom. The summed E-state index contributed by atoms with van der Waals surface area (Å²) in [6, 6.07) is 9.04. The quantitative estimate of drug-likeness (QED) is 0.686. The smallest absolute Gasteiger partial charge is 0.251 e. The molecular formula is C18H19N3O4S. The lowest BCUT2D eigenvalue weighted by atomic mass is 10.1. The van der Waals surface area contributed by atoms with Crippen LogP contribution in [0.4, 0.5) is 0 Å². The Kier molecular flexibility index (Phi) is 5.52. The number of carbonyl (C=O) groups excluding carboxylic acids is 1. The third-order valence-corrected chi connectivity index (χ3v) is 4.50. The van der Waals surface area contributed by atoms with Crippen molar-refractivity contribution in [2.45, 2.75) is 6.42 Å². The van der Waals surface area contributed by atoms with E-state index in [0.717, 1.165) is 28.3 Å². The minimum Gasteiger partial charge on any atom is -0.493 e. The molecule has 26 heavy (non-hydrogen) atoms. The van der Waals surface area contributed by atoms with Crippen LogP contribution in [0.1, 0.15) is 15.9 Å². The predicted octanol–water partition coefficient (Wildman–Crippen LogP) is 2.69. The number of hydrogen-bond donors (Lipinski definition) is 1. The van der Waals surface area contributed by atoms with E-state index in [0.29, 0.717) is 35.8 Å². The van der Waals surface area contributed by atoms with Gasteiger partial charge in [0, 0.05) is 12.1 Å². The molecule has 0 bridgehead atoms. The summed E-state index contributed by atoms with van der Waals surface area (Å²) in [6.45, 7) is 0.477. The van der Waals surface area contributed by atoms with Crippen LogP contribution in [-0.4, -0.2) is 42.5 Å². The highest BCUT2D eigenvalue weighted by Crippen LogP contribution is 2.38. The number of benzene rings is 2. The SMILES string of the molecule is COc1cc(CCNC(=O)c2ccc3nsnc3c2)cc(OC)c1OC. The molecule has 0 aliphatic heterocycles. The number of methoxy groups -OCH3 is 3. The molecule has 1 N–H and O–H groups in total. The summed E-state index contributed by atoms with van der Waals surface area (Å²) < 4.78 is 24.3. The van der Waals surface area contributed by atoms with E-state index in [1.165, 1.54) is 0 Å². The van der Waals surface area contributed by atoms with Crippen LogP contribution in [0.15, 0.2) is 30.3 Å². The standard InChI is InChI=1S/C18H19N3O4S/c1-23-15-8-11(9-16(24-2)17(15)25-3)6-7-19-18(22)12-4-5-13-14(10-12)21-26-20-13/h4-5,8-10H,6-7H2,1-3H3,(H,19,22). The van der Waals surface area contributed by atoms with Crippen molar-refractivity contribution in [1.82, 2.24) is 14.1 Å². The van der Waals surface area contributed by atoms with E-state index in [4.69, 9.17) is 14.2 Å². The second-order valence-corrected chi connectivity index (χ2v) is 6.04. The van der Waals surface area contributed by atoms with Gasteiger partial charge < -0.3 is 19.5 Å². The number of amides is 1. The second kappa shape index (κ2) is 8.01. The van der Waals surface area contributed by atoms with E-state index in [2.05, 4.69) is 14.1 Å². The Morgan fingerprint density at radius 1 is 1.00 bits per heavy atom. The number of nitrogens with zero attached hydrogens (tertiary/aromatic N) is 2. The third kappa shape index (κ3) is 3.70. The van der Waals surface area contributed by atoms with Crippen LogP contribution < -0.4 is 19.5 Å². The third-order valence-electron chi connectivity index (χ3n) is 3.94. The van der Waals surface area contributed by atoms with Gasteiger partial charge in [-0.25, -0.2) is 0 Å². The molecule has 1 heterocycles. The molecule has 0 aliphatic rings. The van der Waals surface area contributed by atoms with E-state index in [1.807, 2.05) is 12.1 Å². The molecule has 0 aliphatic carbocycles. The molecule has 1 amide bonds. The van der Waals surface area contributed by atoms with E-state index in [9.17, 15) is 4.79 Å². The minimum absolute atomic E-state index is 0.146. The average molecular weight is 373 g/mol. The summed E-state index contributed by atoms with van der Waals surface area (Å²) in [6.07, 6.45) is 0.628. The van der Waals surface area contributed by atoms with Gasteiger partial charge in [0.05, 0.1) is 33.1 Å². The van der Waals surface area contributed by atoms with E-state index in [1.54, 1.807) is 39.5 Å². The van der Waals surface area contributed by atoms with Gasteiger partial charge in [0.2, 0.25) is 5.75 Å². The van der Waals surface area contributed by atoms with Crippen LogP contribution in [0, 0.1) is 0 Å². The molecule has 7 nitrogen and oxygen atoms in total. The molecule has 3 rings (SSSR count). The predicted molar refractivity (Wildman–Crippen MR) is 99.6 cm³/mol. The number of aromatic nitrogens is 2. The zero-order chi connectivity index (χ0) is 18.5. The van der Waals surface area contributed by atoms with Crippen LogP contribution in [0.5, 0.6) is 17.2 Å². The van der Waals surface area contributed by atoms with Crippen LogP contribution in [-0.2, 0) is 6.42 Å². The second-order valence-electron chi connectivity index (χ2n) is 5.51. The van der Waals surface area contributed by atoms with Gasteiger partial charge in [0.1, 0.15) is 11.0 Å². The molecule has 0 fully saturated rings. The lowest BCUT2D eigenvalue weighted by molar-refractivity contribution is 0.0954. The molecule has 0 saturated carbocycles. The van der Waals surface area contributed by atoms with Crippen molar-refractivity contribution in [3.63, 3.8) is 0 Å². The molecule has 0 spiro atoms. The lowest BCUT2D eigenvalue weighted by Gasteiger charge is -2.14. The summed E-state index contributed by atoms with van der Waals surface area (Å²) in [5, 5.41) is 2.91. The minimum atomic E-state index is -0.146. The number of rotatable bonds is 7. The highest BCUT2D eigenvalue weighted by Gasteiger charge is 2.13. The fourth-order valence-corrected chi connectivity index (χ4v) is 3.14. The fraction of sp³-hybridized carbons (Fsp3) is 0.278. The van der Waals surface area contributed by atoms with Crippen molar-refractivity contribution in [2.24, 2.45) is 0 Å². The Hall–Kier alpha value is -2.87. The number of fused-ring (bicyclic) bond motifs is 1. The summed E-state index contributed by atoms with van der Waals surface area (Å²) in [5.41, 5.74) is 3.06. The first-order valence-corrected chi connectivity index (χ1v) is 8.68. The number of carbonyl (C=O) groups is 1. The first-order chi connectivity index (χ1) is 12.7. The van der Waals surface area contributed by atoms with Crippen molar-refractivity contribution in [3.05, 3.63) is 41.5 Å². The molecule has 2 aromatic carbocycles. The summed E-state index contributed by atoms with van der Waals surface area (Å²) in [4.78, 5) is 12.3. The first-order valence-electron chi connectivity index (χ1n) is 7.95. The maximum Gasteiger partial charge on any atom is 0.251 e. The van der Waals surface area contributed by atoms with Gasteiger partial charge in [-0.1, -0.05) is 0 Å². The van der Waals surface area contributed by atoms with Gasteiger partial charge in [-0.15, -0.1) is 0 Å². The van der Waals surface area contributed by atoms with E-state index < -0.39 is 0 Å². The summed E-state index contributed by atoms with van der Waals surface area (Å²) >= 11 is 1.13. The molecule has 1 aromatic heterocycles. The summed E-state index contributed by atoms with van der Waals surface area (Å²) in [5.74, 6) is 1.59. The number of nitrogens with one attached hydrogen (secondary N) is 1. The Balaban J connectivity index is 1.66. The highest BCUT2D eigenvalue weighted by atomic mass is 32.1. The molecule has 8 heteroatoms. The lowest BCUT2D eigenvalue weighted by Crippen LogP contribution is -2.25. The van der Waals surface area contributed by atoms with Gasteiger partial charge in [0.25, 0.3) is 5.91 Å². The fourth-order valence-electron chi connectivity index (χ4n) is 2.63. The van der Waals surface area contributed by atoms with Crippen LogP contribution in [0.25, 0.3) is 11.0 Å². The van der Waals surface area contributed by atoms with Crippen LogP contribution in [0.2, 0.25) is 0 Å². The van der Waals surface area contributed by atoms with E-state index in [-0.39, 0.29) is 5.91 Å². The number of hydrogen-bond acceptors (Lipinski definition) is 7. The van der Waals surface area contributed by atoms with Crippen molar-refractivity contribution < 1.29 is 19.0 Å². The molecule has 136 valence electrons. The average Bonchev–Trinajstić information content (AvgIpc) is 3.14. The van der Waals surface area contributed by atoms with E-state index >= 15 is 0 Å². The van der Waals surface area contributed by atoms with Gasteiger partial charge in [-0.05, 0) is 42.3 Å². The monoisotopic (exact) mass is 373 g/mol. The Morgan fingerprint density at radius 3 is 2.35 bits per heavy atom. The van der Waals surface area contributed by atoms with Gasteiger partial charge >= 0.3 is 0 Å². The molecule has 0 atom stereocenters. The van der Waals surface area contributed by atoms with Crippen molar-refractivity contribution in [3.8, 4) is 17.2 Å². The Labute approximate surface area is 155 Å². The Bertz CT molecular complexity index is 901. The van der Waals surface area contributed by atoms with Gasteiger partial charge in [-0.3, -0.25) is 4.79 Å². The maximum absolute atomic E-state index is 12.3. The maximum atomic E-state index is 12.3. The van der Waals surface area contributed by atoms with Crippen LogP contribution in [0.3, 0.4) is 0 Å².